The summed E-state index contributed by atoms with van der Waals surface area (Å²) in [4.78, 5) is 5.60. The van der Waals surface area contributed by atoms with Gasteiger partial charge in [-0.15, -0.1) is 11.8 Å². The first-order valence-corrected chi connectivity index (χ1v) is 12.1. The van der Waals surface area contributed by atoms with Crippen molar-refractivity contribution in [3.05, 3.63) is 40.2 Å². The highest BCUT2D eigenvalue weighted by molar-refractivity contribution is 8.00. The van der Waals surface area contributed by atoms with E-state index in [0.29, 0.717) is 24.7 Å². The molecule has 0 bridgehead atoms. The van der Waals surface area contributed by atoms with Crippen molar-refractivity contribution in [1.29, 1.82) is 0 Å². The largest absolute Gasteiger partial charge is 0.390 e. The van der Waals surface area contributed by atoms with Crippen LogP contribution < -0.4 is 16.3 Å². The predicted octanol–water partition coefficient (Wildman–Crippen LogP) is 4.34. The van der Waals surface area contributed by atoms with Gasteiger partial charge in [0.25, 0.3) is 0 Å². The highest BCUT2D eigenvalue weighted by atomic mass is 32.2. The number of nitrogens with zero attached hydrogens (tertiary/aromatic N) is 2. The molecule has 5 heteroatoms. The maximum absolute atomic E-state index is 10.8. The van der Waals surface area contributed by atoms with Crippen molar-refractivity contribution in [2.75, 3.05) is 5.73 Å². The molecule has 0 fully saturated rings. The Morgan fingerprint density at radius 1 is 1.23 bits per heavy atom. The number of aliphatic hydroxyl groups is 1. The Bertz CT molecular complexity index is 1050. The summed E-state index contributed by atoms with van der Waals surface area (Å²) < 4.78 is 2.46. The summed E-state index contributed by atoms with van der Waals surface area (Å²) >= 11 is 1.91. The summed E-state index contributed by atoms with van der Waals surface area (Å²) in [6.07, 6.45) is 8.37. The second kappa shape index (κ2) is 8.32. The summed E-state index contributed by atoms with van der Waals surface area (Å²) in [6, 6.07) is 3.90. The Morgan fingerprint density at radius 2 is 1.90 bits per heavy atom. The van der Waals surface area contributed by atoms with Gasteiger partial charge in [-0.05, 0) is 43.2 Å². The van der Waals surface area contributed by atoms with Crippen LogP contribution in [-0.2, 0) is 13.0 Å². The van der Waals surface area contributed by atoms with Gasteiger partial charge in [0.1, 0.15) is 5.82 Å². The van der Waals surface area contributed by atoms with Crippen molar-refractivity contribution in [3.63, 3.8) is 0 Å². The lowest BCUT2D eigenvalue weighted by Gasteiger charge is -2.31. The zero-order chi connectivity index (χ0) is 23.2. The summed E-state index contributed by atoms with van der Waals surface area (Å²) in [7, 11) is 0. The minimum atomic E-state index is -0.799. The number of rotatable bonds is 6. The number of hydrogen-bond donors (Lipinski definition) is 2. The van der Waals surface area contributed by atoms with Gasteiger partial charge >= 0.3 is 0 Å². The monoisotopic (exact) mass is 441 g/mol. The van der Waals surface area contributed by atoms with E-state index in [0.717, 1.165) is 12.0 Å². The Morgan fingerprint density at radius 3 is 2.42 bits per heavy atom. The lowest BCUT2D eigenvalue weighted by Crippen LogP contribution is -2.38. The third-order valence-corrected chi connectivity index (χ3v) is 7.40. The molecule has 1 aliphatic rings. The molecule has 0 aromatic carbocycles. The third kappa shape index (κ3) is 5.56. The van der Waals surface area contributed by atoms with E-state index < -0.39 is 5.60 Å². The fourth-order valence-corrected chi connectivity index (χ4v) is 5.24. The van der Waals surface area contributed by atoms with E-state index in [9.17, 15) is 5.11 Å². The second-order valence-electron chi connectivity index (χ2n) is 11.2. The van der Waals surface area contributed by atoms with Crippen molar-refractivity contribution in [1.82, 2.24) is 9.55 Å². The Balaban J connectivity index is 2.30. The molecule has 0 aliphatic heterocycles. The molecule has 0 radical (unpaired) electrons. The van der Waals surface area contributed by atoms with Crippen LogP contribution in [0.1, 0.15) is 73.1 Å². The van der Waals surface area contributed by atoms with E-state index in [-0.39, 0.29) is 10.2 Å². The van der Waals surface area contributed by atoms with Crippen LogP contribution in [0.5, 0.6) is 0 Å². The molecule has 2 aromatic rings. The van der Waals surface area contributed by atoms with Crippen LogP contribution in [0.3, 0.4) is 0 Å². The molecule has 0 spiro atoms. The molecule has 1 aliphatic carbocycles. The first-order valence-electron chi connectivity index (χ1n) is 11.2. The van der Waals surface area contributed by atoms with Crippen LogP contribution in [0, 0.1) is 11.3 Å². The molecule has 170 valence electrons. The molecule has 2 aromatic heterocycles. The number of aromatic nitrogens is 2. The molecule has 2 heterocycles. The van der Waals surface area contributed by atoms with Gasteiger partial charge in [-0.2, -0.15) is 0 Å². The lowest BCUT2D eigenvalue weighted by molar-refractivity contribution is 0.0783. The quantitative estimate of drug-likeness (QED) is 0.655. The molecule has 3 N–H and O–H groups in total. The van der Waals surface area contributed by atoms with E-state index >= 15 is 0 Å². The highest BCUT2D eigenvalue weighted by Gasteiger charge is 2.31. The molecular formula is C26H39N3OS. The average molecular weight is 442 g/mol. The van der Waals surface area contributed by atoms with Crippen molar-refractivity contribution >= 4 is 29.7 Å². The maximum atomic E-state index is 10.8. The Kier molecular flexibility index (Phi) is 6.43. The van der Waals surface area contributed by atoms with Gasteiger partial charge in [-0.3, -0.25) is 0 Å². The maximum Gasteiger partial charge on any atom is 0.123 e. The molecule has 1 unspecified atom stereocenters. The van der Waals surface area contributed by atoms with Crippen LogP contribution in [0.2, 0.25) is 0 Å². The SMILES string of the molecule is CC(C)C1(C)C=c2c(SC(C)(C)C)c(CC(C)(C)O)n(Cc3ccc(N)nc3)c2=CC1. The summed E-state index contributed by atoms with van der Waals surface area (Å²) in [5.74, 6) is 1.08. The van der Waals surface area contributed by atoms with Crippen molar-refractivity contribution < 1.29 is 5.11 Å². The number of nitrogen functional groups attached to an aromatic ring is 1. The number of thioether (sulfide) groups is 1. The predicted molar refractivity (Wildman–Crippen MR) is 134 cm³/mol. The fraction of sp³-hybridized carbons (Fsp3) is 0.577. The van der Waals surface area contributed by atoms with Gasteiger partial charge in [0, 0.05) is 45.1 Å². The fourth-order valence-electron chi connectivity index (χ4n) is 4.05. The Labute approximate surface area is 191 Å². The van der Waals surface area contributed by atoms with Crippen LogP contribution in [-0.4, -0.2) is 25.0 Å². The average Bonchev–Trinajstić information content (AvgIpc) is 2.86. The number of fused-ring (bicyclic) bond motifs is 1. The van der Waals surface area contributed by atoms with Gasteiger partial charge in [0.15, 0.2) is 0 Å². The first kappa shape index (κ1) is 23.9. The smallest absolute Gasteiger partial charge is 0.123 e. The van der Waals surface area contributed by atoms with Crippen LogP contribution >= 0.6 is 11.8 Å². The number of hydrogen-bond acceptors (Lipinski definition) is 4. The minimum absolute atomic E-state index is 0.0660. The molecular weight excluding hydrogens is 402 g/mol. The zero-order valence-corrected chi connectivity index (χ0v) is 21.2. The molecule has 0 saturated carbocycles. The van der Waals surface area contributed by atoms with E-state index in [1.165, 1.54) is 21.2 Å². The summed E-state index contributed by atoms with van der Waals surface area (Å²) in [5.41, 5.74) is 7.45. The molecule has 0 amide bonds. The van der Waals surface area contributed by atoms with Gasteiger partial charge in [-0.1, -0.05) is 59.8 Å². The number of nitrogens with two attached hydrogens (primary N) is 1. The number of anilines is 1. The molecule has 31 heavy (non-hydrogen) atoms. The summed E-state index contributed by atoms with van der Waals surface area (Å²) in [5, 5.41) is 13.4. The molecule has 3 rings (SSSR count). The number of pyridine rings is 1. The molecule has 4 nitrogen and oxygen atoms in total. The topological polar surface area (TPSA) is 64.1 Å². The van der Waals surface area contributed by atoms with Crippen LogP contribution in [0.15, 0.2) is 23.2 Å². The lowest BCUT2D eigenvalue weighted by atomic mass is 9.74. The van der Waals surface area contributed by atoms with Crippen molar-refractivity contribution in [2.24, 2.45) is 11.3 Å². The highest BCUT2D eigenvalue weighted by Crippen LogP contribution is 2.38. The molecule has 1 atom stereocenters. The standard InChI is InChI=1S/C26H39N3OS/c1-17(2)26(8)12-11-20-19(13-26)23(31-24(3,4)5)21(14-25(6,7)30)29(20)16-18-9-10-22(27)28-15-18/h9-11,13,15,17,30H,12,14,16H2,1-8H3,(H2,27,28). The van der Waals surface area contributed by atoms with E-state index in [4.69, 9.17) is 5.73 Å². The van der Waals surface area contributed by atoms with E-state index in [1.807, 2.05) is 43.9 Å². The van der Waals surface area contributed by atoms with Gasteiger partial charge in [-0.25, -0.2) is 4.98 Å². The van der Waals surface area contributed by atoms with E-state index in [2.05, 4.69) is 63.2 Å². The third-order valence-electron chi connectivity index (χ3n) is 6.12. The molecule has 0 saturated heterocycles. The van der Waals surface area contributed by atoms with Gasteiger partial charge < -0.3 is 15.4 Å². The van der Waals surface area contributed by atoms with Crippen molar-refractivity contribution in [2.45, 2.75) is 90.0 Å². The van der Waals surface area contributed by atoms with Crippen LogP contribution in [0.25, 0.3) is 12.2 Å². The first-order chi connectivity index (χ1) is 14.2. The Hall–Kier alpha value is -1.72. The zero-order valence-electron chi connectivity index (χ0n) is 20.4. The van der Waals surface area contributed by atoms with Gasteiger partial charge in [0.2, 0.25) is 0 Å². The van der Waals surface area contributed by atoms with Gasteiger partial charge in [0.05, 0.1) is 5.60 Å². The van der Waals surface area contributed by atoms with E-state index in [1.54, 1.807) is 0 Å². The second-order valence-corrected chi connectivity index (χ2v) is 13.0. The normalized spacial score (nSPS) is 19.2. The summed E-state index contributed by atoms with van der Waals surface area (Å²) in [6.45, 7) is 18.2. The van der Waals surface area contributed by atoms with Crippen LogP contribution in [0.4, 0.5) is 5.82 Å². The minimum Gasteiger partial charge on any atom is -0.390 e. The van der Waals surface area contributed by atoms with Crippen molar-refractivity contribution in [3.8, 4) is 0 Å².